The Kier molecular flexibility index (Phi) is 7.23. The van der Waals surface area contributed by atoms with Gasteiger partial charge in [-0.15, -0.1) is 0 Å². The first-order chi connectivity index (χ1) is 8.65. The Morgan fingerprint density at radius 3 is 2.72 bits per heavy atom. The zero-order valence-electron chi connectivity index (χ0n) is 11.7. The molecule has 1 fully saturated rings. The van der Waals surface area contributed by atoms with Crippen molar-refractivity contribution in [3.05, 3.63) is 0 Å². The largest absolute Gasteiger partial charge is 0.379 e. The number of rotatable bonds is 7. The summed E-state index contributed by atoms with van der Waals surface area (Å²) in [7, 11) is 0. The number of ether oxygens (including phenoxy) is 1. The van der Waals surface area contributed by atoms with Gasteiger partial charge in [-0.25, -0.2) is 0 Å². The highest BCUT2D eigenvalue weighted by atomic mass is 16.5. The molecule has 2 atom stereocenters. The molecule has 5 nitrogen and oxygen atoms in total. The second-order valence-electron chi connectivity index (χ2n) is 5.01. The molecule has 0 spiro atoms. The van der Waals surface area contributed by atoms with E-state index in [1.165, 1.54) is 0 Å². The van der Waals surface area contributed by atoms with Gasteiger partial charge in [-0.3, -0.25) is 9.69 Å². The molecule has 1 aliphatic rings. The van der Waals surface area contributed by atoms with Gasteiger partial charge in [0.05, 0.1) is 19.3 Å². The van der Waals surface area contributed by atoms with Crippen LogP contribution < -0.4 is 11.1 Å². The molecule has 5 heteroatoms. The molecule has 1 heterocycles. The SMILES string of the molecule is CCC(C)C(N)C(=O)NCCCN1CCOCC1. The predicted octanol–water partition coefficient (Wildman–Crippen LogP) is 0.198. The summed E-state index contributed by atoms with van der Waals surface area (Å²) < 4.78 is 5.29. The van der Waals surface area contributed by atoms with Crippen LogP contribution in [0.2, 0.25) is 0 Å². The molecule has 0 aromatic heterocycles. The van der Waals surface area contributed by atoms with Crippen molar-refractivity contribution in [1.29, 1.82) is 0 Å². The Hall–Kier alpha value is -0.650. The lowest BCUT2D eigenvalue weighted by Gasteiger charge is -2.26. The number of nitrogens with two attached hydrogens (primary N) is 1. The lowest BCUT2D eigenvalue weighted by Crippen LogP contribution is -2.45. The Bertz CT molecular complexity index is 242. The molecule has 1 aliphatic heterocycles. The summed E-state index contributed by atoms with van der Waals surface area (Å²) in [4.78, 5) is 14.1. The number of carbonyl (C=O) groups is 1. The Labute approximate surface area is 110 Å². The molecule has 0 aliphatic carbocycles. The molecule has 0 bridgehead atoms. The van der Waals surface area contributed by atoms with Crippen molar-refractivity contribution < 1.29 is 9.53 Å². The van der Waals surface area contributed by atoms with E-state index in [2.05, 4.69) is 17.1 Å². The fourth-order valence-corrected chi connectivity index (χ4v) is 1.97. The lowest BCUT2D eigenvalue weighted by atomic mass is 9.99. The van der Waals surface area contributed by atoms with Crippen molar-refractivity contribution in [3.8, 4) is 0 Å². The summed E-state index contributed by atoms with van der Waals surface area (Å²) in [5.41, 5.74) is 5.86. The Balaban J connectivity index is 2.07. The van der Waals surface area contributed by atoms with Crippen molar-refractivity contribution >= 4 is 5.91 Å². The van der Waals surface area contributed by atoms with E-state index in [0.717, 1.165) is 45.7 Å². The number of hydrogen-bond acceptors (Lipinski definition) is 4. The molecule has 3 N–H and O–H groups in total. The van der Waals surface area contributed by atoms with Crippen LogP contribution in [0.3, 0.4) is 0 Å². The van der Waals surface area contributed by atoms with Crippen molar-refractivity contribution in [2.75, 3.05) is 39.4 Å². The maximum atomic E-state index is 11.7. The summed E-state index contributed by atoms with van der Waals surface area (Å²) in [6.45, 7) is 9.44. The van der Waals surface area contributed by atoms with Crippen LogP contribution in [0.1, 0.15) is 26.7 Å². The fourth-order valence-electron chi connectivity index (χ4n) is 1.97. The van der Waals surface area contributed by atoms with Gasteiger partial charge in [-0.1, -0.05) is 20.3 Å². The minimum Gasteiger partial charge on any atom is -0.379 e. The second kappa shape index (κ2) is 8.45. The van der Waals surface area contributed by atoms with Gasteiger partial charge in [0.1, 0.15) is 0 Å². The number of amides is 1. The van der Waals surface area contributed by atoms with Crippen LogP contribution in [-0.4, -0.2) is 56.2 Å². The van der Waals surface area contributed by atoms with Gasteiger partial charge < -0.3 is 15.8 Å². The quantitative estimate of drug-likeness (QED) is 0.639. The topological polar surface area (TPSA) is 67.6 Å². The van der Waals surface area contributed by atoms with Crippen LogP contribution >= 0.6 is 0 Å². The van der Waals surface area contributed by atoms with Crippen molar-refractivity contribution in [1.82, 2.24) is 10.2 Å². The fraction of sp³-hybridized carbons (Fsp3) is 0.923. The molecule has 1 amide bonds. The van der Waals surface area contributed by atoms with E-state index in [-0.39, 0.29) is 17.9 Å². The molecule has 0 aromatic rings. The van der Waals surface area contributed by atoms with E-state index >= 15 is 0 Å². The van der Waals surface area contributed by atoms with E-state index in [1.54, 1.807) is 0 Å². The van der Waals surface area contributed by atoms with E-state index in [0.29, 0.717) is 6.54 Å². The molecule has 0 aromatic carbocycles. The molecular weight excluding hydrogens is 230 g/mol. The van der Waals surface area contributed by atoms with Crippen molar-refractivity contribution in [2.45, 2.75) is 32.7 Å². The summed E-state index contributed by atoms with van der Waals surface area (Å²) in [5.74, 6) is 0.218. The standard InChI is InChI=1S/C13H27N3O2/c1-3-11(2)12(14)13(17)15-5-4-6-16-7-9-18-10-8-16/h11-12H,3-10,14H2,1-2H3,(H,15,17). The zero-order chi connectivity index (χ0) is 13.4. The zero-order valence-corrected chi connectivity index (χ0v) is 11.7. The molecule has 0 radical (unpaired) electrons. The maximum Gasteiger partial charge on any atom is 0.237 e. The van der Waals surface area contributed by atoms with Crippen LogP contribution in [0.5, 0.6) is 0 Å². The Morgan fingerprint density at radius 2 is 2.11 bits per heavy atom. The molecule has 18 heavy (non-hydrogen) atoms. The molecule has 1 saturated heterocycles. The minimum atomic E-state index is -0.376. The van der Waals surface area contributed by atoms with E-state index in [1.807, 2.05) is 6.92 Å². The minimum absolute atomic E-state index is 0.0219. The molecule has 2 unspecified atom stereocenters. The van der Waals surface area contributed by atoms with E-state index in [9.17, 15) is 4.79 Å². The summed E-state index contributed by atoms with van der Waals surface area (Å²) in [5, 5.41) is 2.92. The van der Waals surface area contributed by atoms with Gasteiger partial charge in [0.25, 0.3) is 0 Å². The third-order valence-corrected chi connectivity index (χ3v) is 3.61. The smallest absolute Gasteiger partial charge is 0.237 e. The van der Waals surface area contributed by atoms with Crippen molar-refractivity contribution in [2.24, 2.45) is 11.7 Å². The summed E-state index contributed by atoms with van der Waals surface area (Å²) >= 11 is 0. The van der Waals surface area contributed by atoms with E-state index < -0.39 is 0 Å². The van der Waals surface area contributed by atoms with Crippen molar-refractivity contribution in [3.63, 3.8) is 0 Å². The average molecular weight is 257 g/mol. The van der Waals surface area contributed by atoms with E-state index in [4.69, 9.17) is 10.5 Å². The molecule has 106 valence electrons. The van der Waals surface area contributed by atoms with Gasteiger partial charge in [-0.2, -0.15) is 0 Å². The van der Waals surface area contributed by atoms with Gasteiger partial charge in [0, 0.05) is 19.6 Å². The number of nitrogens with zero attached hydrogens (tertiary/aromatic N) is 1. The first-order valence-electron chi connectivity index (χ1n) is 6.98. The average Bonchev–Trinajstić information content (AvgIpc) is 2.42. The lowest BCUT2D eigenvalue weighted by molar-refractivity contribution is -0.123. The number of morpholine rings is 1. The first-order valence-corrected chi connectivity index (χ1v) is 6.98. The van der Waals surface area contributed by atoms with Gasteiger partial charge in [-0.05, 0) is 18.9 Å². The number of nitrogens with one attached hydrogen (secondary N) is 1. The van der Waals surface area contributed by atoms with Crippen LogP contribution in [0.15, 0.2) is 0 Å². The van der Waals surface area contributed by atoms with Crippen LogP contribution in [0.25, 0.3) is 0 Å². The Morgan fingerprint density at radius 1 is 1.44 bits per heavy atom. The van der Waals surface area contributed by atoms with Gasteiger partial charge in [0.2, 0.25) is 5.91 Å². The third-order valence-electron chi connectivity index (χ3n) is 3.61. The van der Waals surface area contributed by atoms with Crippen LogP contribution in [0, 0.1) is 5.92 Å². The number of hydrogen-bond donors (Lipinski definition) is 2. The second-order valence-corrected chi connectivity index (χ2v) is 5.01. The van der Waals surface area contributed by atoms with Crippen LogP contribution in [0.4, 0.5) is 0 Å². The molecular formula is C13H27N3O2. The predicted molar refractivity (Wildman–Crippen MR) is 72.3 cm³/mol. The highest BCUT2D eigenvalue weighted by Gasteiger charge is 2.18. The van der Waals surface area contributed by atoms with Gasteiger partial charge in [0.15, 0.2) is 0 Å². The summed E-state index contributed by atoms with van der Waals surface area (Å²) in [6, 6.07) is -0.376. The monoisotopic (exact) mass is 257 g/mol. The van der Waals surface area contributed by atoms with Gasteiger partial charge >= 0.3 is 0 Å². The molecule has 1 rings (SSSR count). The summed E-state index contributed by atoms with van der Waals surface area (Å²) in [6.07, 6.45) is 1.90. The highest BCUT2D eigenvalue weighted by Crippen LogP contribution is 2.05. The highest BCUT2D eigenvalue weighted by molar-refractivity contribution is 5.81. The molecule has 0 saturated carbocycles. The third kappa shape index (κ3) is 5.33. The van der Waals surface area contributed by atoms with Crippen LogP contribution in [-0.2, 0) is 9.53 Å². The first kappa shape index (κ1) is 15.4. The normalized spacial score (nSPS) is 20.4. The number of carbonyl (C=O) groups excluding carboxylic acids is 1. The maximum absolute atomic E-state index is 11.7.